The average Bonchev–Trinajstić information content (AvgIpc) is 2.71. The van der Waals surface area contributed by atoms with Gasteiger partial charge in [0.05, 0.1) is 5.69 Å². The van der Waals surface area contributed by atoms with Crippen LogP contribution in [-0.4, -0.2) is 12.0 Å². The number of hydrogen-bond donors (Lipinski definition) is 1. The lowest BCUT2D eigenvalue weighted by Crippen LogP contribution is -2.32. The van der Waals surface area contributed by atoms with Gasteiger partial charge in [-0.15, -0.1) is 0 Å². The maximum atomic E-state index is 12.9. The number of nitrogens with one attached hydrogen (secondary N) is 1. The lowest BCUT2D eigenvalue weighted by molar-refractivity contribution is -0.122. The number of anilines is 1. The molecule has 29 heavy (non-hydrogen) atoms. The van der Waals surface area contributed by atoms with E-state index in [2.05, 4.69) is 5.32 Å². The molecule has 0 radical (unpaired) electrons. The van der Waals surface area contributed by atoms with Crippen molar-refractivity contribution < 1.29 is 14.3 Å². The molecule has 0 aliphatic rings. The smallest absolute Gasteiger partial charge is 0.265 e. The second kappa shape index (κ2) is 9.68. The first-order valence-corrected chi connectivity index (χ1v) is 9.98. The third-order valence-corrected chi connectivity index (χ3v) is 4.90. The van der Waals surface area contributed by atoms with Crippen molar-refractivity contribution in [2.75, 3.05) is 5.32 Å². The number of benzene rings is 3. The van der Waals surface area contributed by atoms with Gasteiger partial charge in [-0.2, -0.15) is 0 Å². The molecule has 150 valence electrons. The molecule has 3 aromatic rings. The molecule has 6 heteroatoms. The van der Waals surface area contributed by atoms with Crippen molar-refractivity contribution in [3.05, 3.63) is 82.3 Å². The van der Waals surface area contributed by atoms with E-state index < -0.39 is 6.10 Å². The molecule has 0 saturated heterocycles. The molecule has 0 spiro atoms. The van der Waals surface area contributed by atoms with Crippen LogP contribution >= 0.6 is 23.2 Å². The molecular formula is C23H21Cl2NO3. The molecule has 0 aromatic heterocycles. The molecule has 0 heterocycles. The quantitative estimate of drug-likeness (QED) is 0.444. The van der Waals surface area contributed by atoms with Gasteiger partial charge < -0.3 is 14.8 Å². The summed E-state index contributed by atoms with van der Waals surface area (Å²) in [5.41, 5.74) is 1.36. The number of carbonyl (C=O) groups excluding carboxylic acids is 1. The normalized spacial score (nSPS) is 11.6. The van der Waals surface area contributed by atoms with E-state index in [4.69, 9.17) is 32.7 Å². The van der Waals surface area contributed by atoms with Crippen molar-refractivity contribution in [3.8, 4) is 17.2 Å². The standard InChI is InChI=1S/C23H21Cl2NO3/c1-3-21(29-18-10-11-19(25)15(2)13-18)23(27)26-20-14-16(24)9-12-22(20)28-17-7-5-4-6-8-17/h4-14,21H,3H2,1-2H3,(H,26,27)/t21-/m1/s1. The second-order valence-electron chi connectivity index (χ2n) is 6.47. The highest BCUT2D eigenvalue weighted by Crippen LogP contribution is 2.32. The highest BCUT2D eigenvalue weighted by molar-refractivity contribution is 6.31. The van der Waals surface area contributed by atoms with Gasteiger partial charge in [-0.25, -0.2) is 0 Å². The fraction of sp³-hybridized carbons (Fsp3) is 0.174. The van der Waals surface area contributed by atoms with E-state index in [-0.39, 0.29) is 5.91 Å². The van der Waals surface area contributed by atoms with E-state index in [1.807, 2.05) is 50.2 Å². The lowest BCUT2D eigenvalue weighted by Gasteiger charge is -2.19. The average molecular weight is 430 g/mol. The van der Waals surface area contributed by atoms with Gasteiger partial charge in [0.1, 0.15) is 11.5 Å². The van der Waals surface area contributed by atoms with E-state index in [1.54, 1.807) is 30.3 Å². The molecule has 3 aromatic carbocycles. The number of para-hydroxylation sites is 1. The fourth-order valence-corrected chi connectivity index (χ4v) is 2.98. The number of ether oxygens (including phenoxy) is 2. The van der Waals surface area contributed by atoms with Crippen LogP contribution in [-0.2, 0) is 4.79 Å². The molecule has 0 unspecified atom stereocenters. The molecule has 1 atom stereocenters. The van der Waals surface area contributed by atoms with Crippen molar-refractivity contribution in [1.29, 1.82) is 0 Å². The summed E-state index contributed by atoms with van der Waals surface area (Å²) in [6.07, 6.45) is -0.192. The van der Waals surface area contributed by atoms with Gasteiger partial charge in [-0.1, -0.05) is 48.3 Å². The van der Waals surface area contributed by atoms with Crippen LogP contribution in [0.3, 0.4) is 0 Å². The van der Waals surface area contributed by atoms with E-state index in [0.717, 1.165) is 5.56 Å². The Labute approximate surface area is 180 Å². The summed E-state index contributed by atoms with van der Waals surface area (Å²) in [5.74, 6) is 1.44. The van der Waals surface area contributed by atoms with Crippen molar-refractivity contribution in [3.63, 3.8) is 0 Å². The Balaban J connectivity index is 1.77. The summed E-state index contributed by atoms with van der Waals surface area (Å²) < 4.78 is 11.8. The van der Waals surface area contributed by atoms with Crippen molar-refractivity contribution in [1.82, 2.24) is 0 Å². The van der Waals surface area contributed by atoms with Crippen molar-refractivity contribution in [2.24, 2.45) is 0 Å². The number of amides is 1. The Kier molecular flexibility index (Phi) is 7.02. The monoisotopic (exact) mass is 429 g/mol. The van der Waals surface area contributed by atoms with Gasteiger partial charge in [0.2, 0.25) is 0 Å². The molecule has 1 N–H and O–H groups in total. The van der Waals surface area contributed by atoms with Gasteiger partial charge in [-0.05, 0) is 67.4 Å². The maximum Gasteiger partial charge on any atom is 0.265 e. The predicted octanol–water partition coefficient (Wildman–Crippen LogP) is 6.89. The first kappa shape index (κ1) is 21.0. The zero-order valence-electron chi connectivity index (χ0n) is 16.1. The van der Waals surface area contributed by atoms with Crippen LogP contribution in [0.25, 0.3) is 0 Å². The van der Waals surface area contributed by atoms with Crippen LogP contribution < -0.4 is 14.8 Å². The zero-order chi connectivity index (χ0) is 20.8. The van der Waals surface area contributed by atoms with Crippen LogP contribution in [0.2, 0.25) is 10.0 Å². The predicted molar refractivity (Wildman–Crippen MR) is 117 cm³/mol. The summed E-state index contributed by atoms with van der Waals surface area (Å²) in [6.45, 7) is 3.77. The van der Waals surface area contributed by atoms with Crippen LogP contribution in [0, 0.1) is 6.92 Å². The molecule has 0 bridgehead atoms. The van der Waals surface area contributed by atoms with Gasteiger partial charge in [0.25, 0.3) is 5.91 Å². The topological polar surface area (TPSA) is 47.6 Å². The van der Waals surface area contributed by atoms with E-state index in [9.17, 15) is 4.79 Å². The summed E-state index contributed by atoms with van der Waals surface area (Å²) in [5, 5.41) is 4.01. The molecule has 0 saturated carbocycles. The SMILES string of the molecule is CC[C@@H](Oc1ccc(Cl)c(C)c1)C(=O)Nc1cc(Cl)ccc1Oc1ccccc1. The highest BCUT2D eigenvalue weighted by atomic mass is 35.5. The van der Waals surface area contributed by atoms with E-state index in [0.29, 0.717) is 39.4 Å². The molecule has 1 amide bonds. The van der Waals surface area contributed by atoms with Crippen molar-refractivity contribution >= 4 is 34.8 Å². The van der Waals surface area contributed by atoms with Crippen LogP contribution in [0.4, 0.5) is 5.69 Å². The largest absolute Gasteiger partial charge is 0.481 e. The fourth-order valence-electron chi connectivity index (χ4n) is 2.69. The van der Waals surface area contributed by atoms with Crippen LogP contribution in [0.5, 0.6) is 17.2 Å². The number of rotatable bonds is 7. The maximum absolute atomic E-state index is 12.9. The Morgan fingerprint density at radius 1 is 1.00 bits per heavy atom. The molecular weight excluding hydrogens is 409 g/mol. The van der Waals surface area contributed by atoms with Crippen LogP contribution in [0.1, 0.15) is 18.9 Å². The summed E-state index contributed by atoms with van der Waals surface area (Å²) in [6, 6.07) is 19.7. The van der Waals surface area contributed by atoms with Gasteiger partial charge >= 0.3 is 0 Å². The zero-order valence-corrected chi connectivity index (χ0v) is 17.6. The minimum Gasteiger partial charge on any atom is -0.481 e. The third kappa shape index (κ3) is 5.66. The highest BCUT2D eigenvalue weighted by Gasteiger charge is 2.20. The van der Waals surface area contributed by atoms with Gasteiger partial charge in [0, 0.05) is 10.0 Å². The number of carbonyl (C=O) groups is 1. The minimum atomic E-state index is -0.681. The van der Waals surface area contributed by atoms with E-state index >= 15 is 0 Å². The summed E-state index contributed by atoms with van der Waals surface area (Å²) in [4.78, 5) is 12.9. The minimum absolute atomic E-state index is 0.291. The van der Waals surface area contributed by atoms with E-state index in [1.165, 1.54) is 0 Å². The van der Waals surface area contributed by atoms with Gasteiger partial charge in [0.15, 0.2) is 11.9 Å². The Bertz CT molecular complexity index is 993. The molecule has 4 nitrogen and oxygen atoms in total. The molecule has 3 rings (SSSR count). The Morgan fingerprint density at radius 3 is 2.45 bits per heavy atom. The summed E-state index contributed by atoms with van der Waals surface area (Å²) >= 11 is 12.2. The molecule has 0 aliphatic carbocycles. The molecule has 0 aliphatic heterocycles. The van der Waals surface area contributed by atoms with Crippen molar-refractivity contribution in [2.45, 2.75) is 26.4 Å². The first-order chi connectivity index (χ1) is 14.0. The second-order valence-corrected chi connectivity index (χ2v) is 7.31. The lowest BCUT2D eigenvalue weighted by atomic mass is 10.2. The number of halogens is 2. The number of hydrogen-bond acceptors (Lipinski definition) is 3. The third-order valence-electron chi connectivity index (χ3n) is 4.24. The Morgan fingerprint density at radius 2 is 1.76 bits per heavy atom. The summed E-state index contributed by atoms with van der Waals surface area (Å²) in [7, 11) is 0. The van der Waals surface area contributed by atoms with Gasteiger partial charge in [-0.3, -0.25) is 4.79 Å². The van der Waals surface area contributed by atoms with Crippen LogP contribution in [0.15, 0.2) is 66.7 Å². The Hall–Kier alpha value is -2.69. The molecule has 0 fully saturated rings. The first-order valence-electron chi connectivity index (χ1n) is 9.22. The number of aryl methyl sites for hydroxylation is 1.